The van der Waals surface area contributed by atoms with Gasteiger partial charge in [-0.1, -0.05) is 0 Å². The summed E-state index contributed by atoms with van der Waals surface area (Å²) in [5.41, 5.74) is 16.5. The van der Waals surface area contributed by atoms with Crippen LogP contribution in [-0.4, -0.2) is 86.6 Å². The van der Waals surface area contributed by atoms with Crippen LogP contribution in [0.4, 0.5) is 0 Å². The fourth-order valence-electron chi connectivity index (χ4n) is 2.81. The predicted molar refractivity (Wildman–Crippen MR) is 121 cm³/mol. The van der Waals surface area contributed by atoms with Crippen LogP contribution in [-0.2, 0) is 25.6 Å². The lowest BCUT2D eigenvalue weighted by Gasteiger charge is -2.26. The zero-order chi connectivity index (χ0) is 25.8. The number of H-pyrrole nitrogens is 1. The van der Waals surface area contributed by atoms with Gasteiger partial charge in [0, 0.05) is 24.9 Å². The average Bonchev–Trinajstić information content (AvgIpc) is 3.25. The second-order valence-electron chi connectivity index (χ2n) is 7.71. The molecule has 3 amide bonds. The SMILES string of the molecule is CC(N)C(=O)NC(CCCN=C(N)N)C(=O)NC(C(=O)NC(Cc1cnc[nH]1)C(=O)O)C(C)O. The molecule has 0 aliphatic rings. The van der Waals surface area contributed by atoms with Gasteiger partial charge in [-0.25, -0.2) is 9.78 Å². The van der Waals surface area contributed by atoms with Crippen molar-refractivity contribution in [1.82, 2.24) is 25.9 Å². The number of aliphatic hydroxyl groups is 1. The lowest BCUT2D eigenvalue weighted by Crippen LogP contribution is -2.59. The molecule has 0 saturated carbocycles. The Morgan fingerprint density at radius 2 is 1.74 bits per heavy atom. The minimum atomic E-state index is -1.50. The number of carbonyl (C=O) groups is 4. The van der Waals surface area contributed by atoms with Crippen LogP contribution in [0.25, 0.3) is 0 Å². The molecule has 1 aromatic rings. The zero-order valence-corrected chi connectivity index (χ0v) is 19.0. The van der Waals surface area contributed by atoms with Crippen molar-refractivity contribution < 1.29 is 29.4 Å². The van der Waals surface area contributed by atoms with E-state index in [4.69, 9.17) is 17.2 Å². The fourth-order valence-corrected chi connectivity index (χ4v) is 2.81. The molecule has 15 nitrogen and oxygen atoms in total. The van der Waals surface area contributed by atoms with Gasteiger partial charge in [0.2, 0.25) is 17.7 Å². The lowest BCUT2D eigenvalue weighted by molar-refractivity contribution is -0.143. The number of guanidine groups is 1. The topological polar surface area (TPSA) is 264 Å². The Morgan fingerprint density at radius 3 is 2.24 bits per heavy atom. The van der Waals surface area contributed by atoms with E-state index >= 15 is 0 Å². The second kappa shape index (κ2) is 13.7. The maximum absolute atomic E-state index is 12.9. The standard InChI is InChI=1S/C19H33N9O6/c1-9(20)15(30)26-12(4-3-5-24-19(21)22)16(31)28-14(10(2)29)17(32)27-13(18(33)34)6-11-7-23-8-25-11/h7-10,12-14,29H,3-6,20H2,1-2H3,(H,23,25)(H,26,30)(H,27,32)(H,28,31)(H,33,34)(H4,21,22,24). The molecule has 0 fully saturated rings. The number of nitrogens with two attached hydrogens (primary N) is 3. The molecule has 12 N–H and O–H groups in total. The number of aliphatic carboxylic acids is 1. The Kier molecular flexibility index (Phi) is 11.4. The predicted octanol–water partition coefficient (Wildman–Crippen LogP) is -3.73. The van der Waals surface area contributed by atoms with Gasteiger partial charge in [-0.2, -0.15) is 0 Å². The molecule has 5 unspecified atom stereocenters. The molecular formula is C19H33N9O6. The van der Waals surface area contributed by atoms with Crippen molar-refractivity contribution in [2.75, 3.05) is 6.54 Å². The maximum atomic E-state index is 12.9. The van der Waals surface area contributed by atoms with Crippen LogP contribution >= 0.6 is 0 Å². The van der Waals surface area contributed by atoms with Crippen LogP contribution in [0.3, 0.4) is 0 Å². The molecule has 5 atom stereocenters. The van der Waals surface area contributed by atoms with Crippen LogP contribution in [0.15, 0.2) is 17.5 Å². The van der Waals surface area contributed by atoms with Gasteiger partial charge < -0.3 is 48.3 Å². The highest BCUT2D eigenvalue weighted by molar-refractivity contribution is 5.94. The highest BCUT2D eigenvalue weighted by Crippen LogP contribution is 2.04. The molecule has 0 radical (unpaired) electrons. The minimum Gasteiger partial charge on any atom is -0.480 e. The maximum Gasteiger partial charge on any atom is 0.326 e. The molecule has 0 bridgehead atoms. The van der Waals surface area contributed by atoms with E-state index < -0.39 is 54.0 Å². The van der Waals surface area contributed by atoms with Crippen molar-refractivity contribution in [3.63, 3.8) is 0 Å². The third kappa shape index (κ3) is 9.83. The normalized spacial score (nSPS) is 15.2. The average molecular weight is 484 g/mol. The number of rotatable bonds is 14. The summed E-state index contributed by atoms with van der Waals surface area (Å²) in [6.45, 7) is 2.87. The van der Waals surface area contributed by atoms with Crippen LogP contribution in [0.2, 0.25) is 0 Å². The van der Waals surface area contributed by atoms with E-state index in [1.54, 1.807) is 0 Å². The smallest absolute Gasteiger partial charge is 0.326 e. The molecule has 0 saturated heterocycles. The number of carboxylic acid groups (broad SMARTS) is 1. The summed E-state index contributed by atoms with van der Waals surface area (Å²) in [4.78, 5) is 59.5. The summed E-state index contributed by atoms with van der Waals surface area (Å²) in [5.74, 6) is -3.76. The molecule has 34 heavy (non-hydrogen) atoms. The van der Waals surface area contributed by atoms with Gasteiger partial charge in [0.25, 0.3) is 0 Å². The van der Waals surface area contributed by atoms with E-state index in [1.807, 2.05) is 0 Å². The lowest BCUT2D eigenvalue weighted by atomic mass is 10.1. The van der Waals surface area contributed by atoms with E-state index in [1.165, 1.54) is 26.4 Å². The van der Waals surface area contributed by atoms with E-state index in [0.29, 0.717) is 12.1 Å². The fraction of sp³-hybridized carbons (Fsp3) is 0.579. The van der Waals surface area contributed by atoms with E-state index in [2.05, 4.69) is 30.9 Å². The Morgan fingerprint density at radius 1 is 1.09 bits per heavy atom. The molecule has 0 aliphatic carbocycles. The van der Waals surface area contributed by atoms with E-state index in [0.717, 1.165) is 0 Å². The third-order valence-electron chi connectivity index (χ3n) is 4.65. The van der Waals surface area contributed by atoms with Crippen LogP contribution < -0.4 is 33.2 Å². The monoisotopic (exact) mass is 483 g/mol. The summed E-state index contributed by atoms with van der Waals surface area (Å²) in [6, 6.07) is -4.85. The summed E-state index contributed by atoms with van der Waals surface area (Å²) in [6.07, 6.45) is 1.71. The van der Waals surface area contributed by atoms with Crippen molar-refractivity contribution >= 4 is 29.7 Å². The van der Waals surface area contributed by atoms with E-state index in [-0.39, 0.29) is 25.3 Å². The van der Waals surface area contributed by atoms with Crippen molar-refractivity contribution in [1.29, 1.82) is 0 Å². The van der Waals surface area contributed by atoms with Gasteiger partial charge in [0.1, 0.15) is 18.1 Å². The van der Waals surface area contributed by atoms with Crippen LogP contribution in [0.5, 0.6) is 0 Å². The Labute approximate surface area is 195 Å². The second-order valence-corrected chi connectivity index (χ2v) is 7.71. The van der Waals surface area contributed by atoms with Crippen LogP contribution in [0, 0.1) is 0 Å². The number of aliphatic hydroxyl groups excluding tert-OH is 1. The molecule has 0 spiro atoms. The summed E-state index contributed by atoms with van der Waals surface area (Å²) < 4.78 is 0. The van der Waals surface area contributed by atoms with Gasteiger partial charge in [-0.05, 0) is 26.7 Å². The number of aromatic nitrogens is 2. The Balaban J connectivity index is 2.91. The number of aliphatic imine (C=N–C) groups is 1. The largest absolute Gasteiger partial charge is 0.480 e. The number of hydrogen-bond acceptors (Lipinski definition) is 8. The van der Waals surface area contributed by atoms with Crippen molar-refractivity contribution in [2.24, 2.45) is 22.2 Å². The first kappa shape index (κ1) is 28.3. The molecular weight excluding hydrogens is 450 g/mol. The van der Waals surface area contributed by atoms with Gasteiger partial charge in [0.05, 0.1) is 18.5 Å². The number of nitrogens with one attached hydrogen (secondary N) is 4. The first-order valence-corrected chi connectivity index (χ1v) is 10.5. The highest BCUT2D eigenvalue weighted by atomic mass is 16.4. The number of carbonyl (C=O) groups excluding carboxylic acids is 3. The molecule has 1 aromatic heterocycles. The summed E-state index contributed by atoms with van der Waals surface area (Å²) >= 11 is 0. The number of nitrogens with zero attached hydrogens (tertiary/aromatic N) is 2. The summed E-state index contributed by atoms with van der Waals surface area (Å²) in [5, 5.41) is 26.6. The third-order valence-corrected chi connectivity index (χ3v) is 4.65. The molecule has 0 aliphatic heterocycles. The molecule has 1 rings (SSSR count). The van der Waals surface area contributed by atoms with Crippen molar-refractivity contribution in [3.05, 3.63) is 18.2 Å². The number of aromatic amines is 1. The first-order valence-electron chi connectivity index (χ1n) is 10.5. The molecule has 15 heteroatoms. The van der Waals surface area contributed by atoms with E-state index in [9.17, 15) is 29.4 Å². The van der Waals surface area contributed by atoms with Gasteiger partial charge in [-0.15, -0.1) is 0 Å². The molecule has 190 valence electrons. The number of amides is 3. The van der Waals surface area contributed by atoms with Gasteiger partial charge in [0.15, 0.2) is 5.96 Å². The number of imidazole rings is 1. The Hall–Kier alpha value is -3.72. The number of carboxylic acids is 1. The van der Waals surface area contributed by atoms with Crippen molar-refractivity contribution in [3.8, 4) is 0 Å². The minimum absolute atomic E-state index is 0.0978. The quantitative estimate of drug-likeness (QED) is 0.0709. The van der Waals surface area contributed by atoms with Crippen LogP contribution in [0.1, 0.15) is 32.4 Å². The number of hydrogen-bond donors (Lipinski definition) is 9. The molecule has 1 heterocycles. The zero-order valence-electron chi connectivity index (χ0n) is 19.0. The highest BCUT2D eigenvalue weighted by Gasteiger charge is 2.32. The molecule has 0 aromatic carbocycles. The first-order chi connectivity index (χ1) is 15.9. The van der Waals surface area contributed by atoms with Crippen molar-refractivity contribution in [2.45, 2.75) is 63.4 Å². The summed E-state index contributed by atoms with van der Waals surface area (Å²) in [7, 11) is 0. The van der Waals surface area contributed by atoms with Gasteiger partial charge >= 0.3 is 5.97 Å². The van der Waals surface area contributed by atoms with Gasteiger partial charge in [-0.3, -0.25) is 19.4 Å². The Bertz CT molecular complexity index is 852.